The highest BCUT2D eigenvalue weighted by Gasteiger charge is 2.31. The Labute approximate surface area is 163 Å². The summed E-state index contributed by atoms with van der Waals surface area (Å²) in [5.74, 6) is 0.841. The molecule has 1 fully saturated rings. The Kier molecular flexibility index (Phi) is 5.73. The lowest BCUT2D eigenvalue weighted by Crippen LogP contribution is -2.46. The van der Waals surface area contributed by atoms with Crippen LogP contribution in [0, 0.1) is 0 Å². The molecule has 10 heteroatoms. The zero-order valence-electron chi connectivity index (χ0n) is 15.1. The molecule has 1 aromatic carbocycles. The molecule has 0 unspecified atom stereocenters. The number of anilines is 2. The van der Waals surface area contributed by atoms with Crippen LogP contribution in [0.3, 0.4) is 0 Å². The molecule has 8 nitrogen and oxygen atoms in total. The van der Waals surface area contributed by atoms with E-state index in [0.717, 1.165) is 19.3 Å². The SMILES string of the molecule is COc1ccc(Cl)c(-c2cnc(N(C3CCNCC3)S(C)(=O)=O)nc2N)c1. The molecule has 3 rings (SSSR count). The molecule has 27 heavy (non-hydrogen) atoms. The van der Waals surface area contributed by atoms with Gasteiger partial charge in [-0.15, -0.1) is 0 Å². The lowest BCUT2D eigenvalue weighted by molar-refractivity contribution is 0.415. The van der Waals surface area contributed by atoms with Gasteiger partial charge in [-0.1, -0.05) is 11.6 Å². The van der Waals surface area contributed by atoms with Gasteiger partial charge in [0, 0.05) is 22.3 Å². The van der Waals surface area contributed by atoms with Crippen LogP contribution >= 0.6 is 11.6 Å². The van der Waals surface area contributed by atoms with Crippen molar-refractivity contribution < 1.29 is 13.2 Å². The molecule has 1 aromatic heterocycles. The van der Waals surface area contributed by atoms with Crippen molar-refractivity contribution in [3.63, 3.8) is 0 Å². The van der Waals surface area contributed by atoms with Crippen molar-refractivity contribution >= 4 is 33.4 Å². The summed E-state index contributed by atoms with van der Waals surface area (Å²) in [6.07, 6.45) is 4.01. The zero-order valence-corrected chi connectivity index (χ0v) is 16.7. The van der Waals surface area contributed by atoms with Crippen LogP contribution in [-0.4, -0.2) is 50.9 Å². The van der Waals surface area contributed by atoms with Gasteiger partial charge in [-0.2, -0.15) is 4.98 Å². The van der Waals surface area contributed by atoms with Gasteiger partial charge in [0.05, 0.1) is 19.4 Å². The maximum absolute atomic E-state index is 12.4. The van der Waals surface area contributed by atoms with E-state index < -0.39 is 10.0 Å². The Morgan fingerprint density at radius 3 is 2.59 bits per heavy atom. The second-order valence-corrected chi connectivity index (χ2v) is 8.62. The maximum Gasteiger partial charge on any atom is 0.241 e. The van der Waals surface area contributed by atoms with Gasteiger partial charge in [-0.3, -0.25) is 0 Å². The molecule has 1 aliphatic heterocycles. The number of nitrogens with two attached hydrogens (primary N) is 1. The van der Waals surface area contributed by atoms with Crippen molar-refractivity contribution in [2.45, 2.75) is 18.9 Å². The molecule has 146 valence electrons. The van der Waals surface area contributed by atoms with Gasteiger partial charge in [-0.25, -0.2) is 17.7 Å². The van der Waals surface area contributed by atoms with Crippen molar-refractivity contribution in [3.8, 4) is 16.9 Å². The summed E-state index contributed by atoms with van der Waals surface area (Å²) >= 11 is 6.28. The number of halogens is 1. The number of ether oxygens (including phenoxy) is 1. The first-order chi connectivity index (χ1) is 12.8. The molecule has 0 atom stereocenters. The topological polar surface area (TPSA) is 110 Å². The Morgan fingerprint density at radius 2 is 2.00 bits per heavy atom. The van der Waals surface area contributed by atoms with E-state index in [4.69, 9.17) is 22.1 Å². The standard InChI is InChI=1S/C17H22ClN5O3S/c1-26-12-3-4-15(18)13(9-12)14-10-21-17(22-16(14)19)23(27(2,24)25)11-5-7-20-8-6-11/h3-4,9-11,20H,5-8H2,1-2H3,(H2,19,21,22). The number of methoxy groups -OCH3 is 1. The normalized spacial score (nSPS) is 15.5. The highest BCUT2D eigenvalue weighted by Crippen LogP contribution is 2.35. The van der Waals surface area contributed by atoms with E-state index in [1.54, 1.807) is 25.3 Å². The average Bonchev–Trinajstić information content (AvgIpc) is 2.62. The van der Waals surface area contributed by atoms with E-state index in [1.165, 1.54) is 10.5 Å². The fourth-order valence-electron chi connectivity index (χ4n) is 3.16. The first-order valence-corrected chi connectivity index (χ1v) is 10.7. The number of hydrogen-bond acceptors (Lipinski definition) is 7. The Hall–Kier alpha value is -2.10. The zero-order chi connectivity index (χ0) is 19.6. The van der Waals surface area contributed by atoms with Crippen LogP contribution in [0.2, 0.25) is 5.02 Å². The predicted octanol–water partition coefficient (Wildman–Crippen LogP) is 1.91. The van der Waals surface area contributed by atoms with E-state index in [2.05, 4.69) is 15.3 Å². The highest BCUT2D eigenvalue weighted by molar-refractivity contribution is 7.92. The fraction of sp³-hybridized carbons (Fsp3) is 0.412. The molecular formula is C17H22ClN5O3S. The maximum atomic E-state index is 12.4. The van der Waals surface area contributed by atoms with Crippen LogP contribution in [0.5, 0.6) is 5.75 Å². The van der Waals surface area contributed by atoms with Gasteiger partial charge in [0.1, 0.15) is 11.6 Å². The summed E-state index contributed by atoms with van der Waals surface area (Å²) in [7, 11) is -2.00. The van der Waals surface area contributed by atoms with Gasteiger partial charge < -0.3 is 15.8 Å². The summed E-state index contributed by atoms with van der Waals surface area (Å²) < 4.78 is 31.3. The molecule has 1 saturated heterocycles. The highest BCUT2D eigenvalue weighted by atomic mass is 35.5. The molecule has 0 aliphatic carbocycles. The lowest BCUT2D eigenvalue weighted by atomic mass is 10.1. The summed E-state index contributed by atoms with van der Waals surface area (Å²) in [6, 6.07) is 4.96. The summed E-state index contributed by atoms with van der Waals surface area (Å²) in [5.41, 5.74) is 7.27. The number of sulfonamides is 1. The predicted molar refractivity (Wildman–Crippen MR) is 107 cm³/mol. The van der Waals surface area contributed by atoms with Gasteiger partial charge in [0.2, 0.25) is 16.0 Å². The van der Waals surface area contributed by atoms with Crippen LogP contribution in [0.4, 0.5) is 11.8 Å². The van der Waals surface area contributed by atoms with Crippen LogP contribution in [0.25, 0.3) is 11.1 Å². The molecule has 0 amide bonds. The number of nitrogens with one attached hydrogen (secondary N) is 1. The van der Waals surface area contributed by atoms with Gasteiger partial charge in [0.15, 0.2) is 0 Å². The van der Waals surface area contributed by atoms with Crippen molar-refractivity contribution in [1.29, 1.82) is 0 Å². The first-order valence-electron chi connectivity index (χ1n) is 8.48. The van der Waals surface area contributed by atoms with E-state index in [-0.39, 0.29) is 17.8 Å². The van der Waals surface area contributed by atoms with Crippen LogP contribution in [0.15, 0.2) is 24.4 Å². The number of nitrogens with zero attached hydrogens (tertiary/aromatic N) is 3. The van der Waals surface area contributed by atoms with Crippen LogP contribution in [0.1, 0.15) is 12.8 Å². The van der Waals surface area contributed by atoms with Crippen LogP contribution < -0.4 is 20.1 Å². The Bertz CT molecular complexity index is 932. The second-order valence-electron chi connectivity index (χ2n) is 6.35. The number of piperidine rings is 1. The van der Waals surface area contributed by atoms with Crippen molar-refractivity contribution in [2.75, 3.05) is 36.5 Å². The third-order valence-electron chi connectivity index (χ3n) is 4.46. The molecule has 0 spiro atoms. The number of nitrogen functional groups attached to an aromatic ring is 1. The third kappa shape index (κ3) is 4.26. The minimum absolute atomic E-state index is 0.0738. The molecule has 2 aromatic rings. The second kappa shape index (κ2) is 7.87. The van der Waals surface area contributed by atoms with Crippen molar-refractivity contribution in [1.82, 2.24) is 15.3 Å². The minimum atomic E-state index is -3.55. The minimum Gasteiger partial charge on any atom is -0.497 e. The van der Waals surface area contributed by atoms with E-state index >= 15 is 0 Å². The monoisotopic (exact) mass is 411 g/mol. The molecule has 3 N–H and O–H groups in total. The quantitative estimate of drug-likeness (QED) is 0.772. The van der Waals surface area contributed by atoms with E-state index in [1.807, 2.05) is 0 Å². The van der Waals surface area contributed by atoms with Crippen molar-refractivity contribution in [3.05, 3.63) is 29.4 Å². The van der Waals surface area contributed by atoms with E-state index in [0.29, 0.717) is 34.7 Å². The third-order valence-corrected chi connectivity index (χ3v) is 5.97. The largest absolute Gasteiger partial charge is 0.497 e. The van der Waals surface area contributed by atoms with Gasteiger partial charge in [0.25, 0.3) is 0 Å². The molecule has 0 saturated carbocycles. The molecule has 0 radical (unpaired) electrons. The number of aromatic nitrogens is 2. The Balaban J connectivity index is 2.02. The van der Waals surface area contributed by atoms with Gasteiger partial charge in [-0.05, 0) is 44.1 Å². The van der Waals surface area contributed by atoms with E-state index in [9.17, 15) is 8.42 Å². The molecule has 2 heterocycles. The lowest BCUT2D eigenvalue weighted by Gasteiger charge is -2.32. The average molecular weight is 412 g/mol. The summed E-state index contributed by atoms with van der Waals surface area (Å²) in [5, 5.41) is 3.69. The number of benzene rings is 1. The first kappa shape index (κ1) is 19.7. The molecular weight excluding hydrogens is 390 g/mol. The molecule has 1 aliphatic rings. The summed E-state index contributed by atoms with van der Waals surface area (Å²) in [6.45, 7) is 1.48. The summed E-state index contributed by atoms with van der Waals surface area (Å²) in [4.78, 5) is 8.57. The number of rotatable bonds is 5. The fourth-order valence-corrected chi connectivity index (χ4v) is 4.52. The van der Waals surface area contributed by atoms with Gasteiger partial charge >= 0.3 is 0 Å². The number of hydrogen-bond donors (Lipinski definition) is 2. The molecule has 0 bridgehead atoms. The smallest absolute Gasteiger partial charge is 0.241 e. The van der Waals surface area contributed by atoms with Crippen LogP contribution in [-0.2, 0) is 10.0 Å². The Morgan fingerprint density at radius 1 is 1.30 bits per heavy atom. The van der Waals surface area contributed by atoms with Crippen molar-refractivity contribution in [2.24, 2.45) is 0 Å².